The van der Waals surface area contributed by atoms with E-state index in [9.17, 15) is 18.0 Å². The van der Waals surface area contributed by atoms with Gasteiger partial charge in [0.05, 0.1) is 11.0 Å². The van der Waals surface area contributed by atoms with Crippen LogP contribution in [-0.2, 0) is 23.8 Å². The van der Waals surface area contributed by atoms with Crippen molar-refractivity contribution in [2.24, 2.45) is 5.92 Å². The smallest absolute Gasteiger partial charge is 0.324 e. The largest absolute Gasteiger partial charge is 0.435 e. The third-order valence-corrected chi connectivity index (χ3v) is 4.42. The van der Waals surface area contributed by atoms with Crippen LogP contribution in [0.1, 0.15) is 23.4 Å². The van der Waals surface area contributed by atoms with Crippen molar-refractivity contribution in [3.63, 3.8) is 0 Å². The van der Waals surface area contributed by atoms with E-state index in [0.717, 1.165) is 5.52 Å². The van der Waals surface area contributed by atoms with Crippen LogP contribution >= 0.6 is 0 Å². The number of aromatic nitrogens is 4. The molecular formula is C16H14F3N5O. The van der Waals surface area contributed by atoms with Crippen molar-refractivity contribution in [2.45, 2.75) is 25.4 Å². The quantitative estimate of drug-likeness (QED) is 0.665. The molecule has 1 amide bonds. The zero-order valence-corrected chi connectivity index (χ0v) is 12.9. The molecule has 3 N–H and O–H groups in total. The molecule has 0 spiro atoms. The van der Waals surface area contributed by atoms with E-state index in [1.807, 2.05) is 18.2 Å². The first-order valence-electron chi connectivity index (χ1n) is 7.81. The fraction of sp³-hybridized carbons (Fsp3) is 0.312. The van der Waals surface area contributed by atoms with Gasteiger partial charge in [-0.15, -0.1) is 0 Å². The van der Waals surface area contributed by atoms with Gasteiger partial charge in [0, 0.05) is 17.2 Å². The number of carbonyl (C=O) groups is 1. The van der Waals surface area contributed by atoms with E-state index >= 15 is 0 Å². The number of aryl methyl sites for hydroxylation is 1. The highest BCUT2D eigenvalue weighted by Crippen LogP contribution is 2.36. The number of nitrogens with zero attached hydrogens (tertiary/aromatic N) is 2. The van der Waals surface area contributed by atoms with Crippen LogP contribution in [-0.4, -0.2) is 26.1 Å². The molecule has 1 aliphatic carbocycles. The maximum Gasteiger partial charge on any atom is 0.435 e. The van der Waals surface area contributed by atoms with E-state index in [2.05, 4.69) is 25.5 Å². The Bertz CT molecular complexity index is 910. The number of imidazole rings is 1. The number of nitrogens with one attached hydrogen (secondary N) is 3. The highest BCUT2D eigenvalue weighted by atomic mass is 19.4. The summed E-state index contributed by atoms with van der Waals surface area (Å²) in [6.07, 6.45) is -3.71. The molecule has 25 heavy (non-hydrogen) atoms. The number of carbonyl (C=O) groups excluding carboxylic acids is 1. The second-order valence-corrected chi connectivity index (χ2v) is 6.06. The molecule has 1 aromatic carbocycles. The Morgan fingerprint density at radius 1 is 1.28 bits per heavy atom. The van der Waals surface area contributed by atoms with Gasteiger partial charge in [-0.05, 0) is 31.4 Å². The minimum absolute atomic E-state index is 0.00668. The van der Waals surface area contributed by atoms with Gasteiger partial charge in [-0.25, -0.2) is 4.98 Å². The monoisotopic (exact) mass is 349 g/mol. The fourth-order valence-corrected chi connectivity index (χ4v) is 3.18. The van der Waals surface area contributed by atoms with Gasteiger partial charge in [-0.3, -0.25) is 15.2 Å². The van der Waals surface area contributed by atoms with Crippen molar-refractivity contribution >= 4 is 22.9 Å². The summed E-state index contributed by atoms with van der Waals surface area (Å²) in [4.78, 5) is 19.7. The highest BCUT2D eigenvalue weighted by molar-refractivity contribution is 5.93. The van der Waals surface area contributed by atoms with Gasteiger partial charge in [0.1, 0.15) is 0 Å². The van der Waals surface area contributed by atoms with Crippen molar-refractivity contribution in [1.82, 2.24) is 20.2 Å². The molecule has 1 atom stereocenters. The summed E-state index contributed by atoms with van der Waals surface area (Å²) in [5.41, 5.74) is 1.10. The molecule has 3 aromatic rings. The number of aromatic amines is 2. The minimum atomic E-state index is -4.53. The molecule has 0 bridgehead atoms. The van der Waals surface area contributed by atoms with Gasteiger partial charge in [0.25, 0.3) is 0 Å². The van der Waals surface area contributed by atoms with Crippen LogP contribution in [0.2, 0.25) is 0 Å². The number of alkyl halides is 3. The molecule has 0 radical (unpaired) electrons. The van der Waals surface area contributed by atoms with E-state index in [4.69, 9.17) is 0 Å². The number of benzene rings is 1. The van der Waals surface area contributed by atoms with Gasteiger partial charge in [-0.1, -0.05) is 12.1 Å². The summed E-state index contributed by atoms with van der Waals surface area (Å²) in [6.45, 7) is 0. The van der Waals surface area contributed by atoms with E-state index < -0.39 is 17.8 Å². The number of para-hydroxylation sites is 2. The van der Waals surface area contributed by atoms with E-state index in [1.165, 1.54) is 0 Å². The lowest BCUT2D eigenvalue weighted by Crippen LogP contribution is -2.29. The zero-order valence-electron chi connectivity index (χ0n) is 12.9. The molecule has 9 heteroatoms. The Balaban J connectivity index is 1.53. The van der Waals surface area contributed by atoms with Crippen LogP contribution in [0.3, 0.4) is 0 Å². The third kappa shape index (κ3) is 2.86. The van der Waals surface area contributed by atoms with Gasteiger partial charge in [-0.2, -0.15) is 18.3 Å². The Morgan fingerprint density at radius 3 is 2.84 bits per heavy atom. The van der Waals surface area contributed by atoms with E-state index in [-0.39, 0.29) is 17.9 Å². The topological polar surface area (TPSA) is 86.5 Å². The average Bonchev–Trinajstić information content (AvgIpc) is 3.16. The summed E-state index contributed by atoms with van der Waals surface area (Å²) in [5, 5.41) is 8.48. The Labute approximate surface area is 139 Å². The predicted octanol–water partition coefficient (Wildman–Crippen LogP) is 3.05. The zero-order chi connectivity index (χ0) is 17.6. The molecule has 0 unspecified atom stereocenters. The van der Waals surface area contributed by atoms with Crippen LogP contribution in [0.25, 0.3) is 11.0 Å². The molecule has 0 saturated carbocycles. The van der Waals surface area contributed by atoms with Crippen molar-refractivity contribution in [1.29, 1.82) is 0 Å². The third-order valence-electron chi connectivity index (χ3n) is 4.42. The lowest BCUT2D eigenvalue weighted by atomic mass is 9.85. The molecule has 130 valence electrons. The molecule has 6 nitrogen and oxygen atoms in total. The summed E-state index contributed by atoms with van der Waals surface area (Å²) in [6, 6.07) is 7.29. The predicted molar refractivity (Wildman–Crippen MR) is 83.8 cm³/mol. The number of amides is 1. The number of anilines is 1. The summed E-state index contributed by atoms with van der Waals surface area (Å²) < 4.78 is 39.0. The molecule has 4 rings (SSSR count). The lowest BCUT2D eigenvalue weighted by Gasteiger charge is -2.21. The maximum atomic E-state index is 13.0. The molecular weight excluding hydrogens is 335 g/mol. The first-order valence-corrected chi connectivity index (χ1v) is 7.81. The normalized spacial score (nSPS) is 17.5. The van der Waals surface area contributed by atoms with Crippen LogP contribution < -0.4 is 5.32 Å². The van der Waals surface area contributed by atoms with Crippen LogP contribution in [0, 0.1) is 5.92 Å². The molecule has 2 heterocycles. The Morgan fingerprint density at radius 2 is 2.08 bits per heavy atom. The number of hydrogen-bond donors (Lipinski definition) is 3. The Hall–Kier alpha value is -2.84. The second-order valence-electron chi connectivity index (χ2n) is 6.06. The molecule has 0 fully saturated rings. The van der Waals surface area contributed by atoms with Gasteiger partial charge in [0.2, 0.25) is 11.9 Å². The number of rotatable bonds is 2. The summed E-state index contributed by atoms with van der Waals surface area (Å²) >= 11 is 0. The van der Waals surface area contributed by atoms with E-state index in [1.54, 1.807) is 6.07 Å². The van der Waals surface area contributed by atoms with Crippen molar-refractivity contribution in [3.05, 3.63) is 41.2 Å². The van der Waals surface area contributed by atoms with Gasteiger partial charge in [0.15, 0.2) is 5.69 Å². The first kappa shape index (κ1) is 15.7. The fourth-order valence-electron chi connectivity index (χ4n) is 3.18. The van der Waals surface area contributed by atoms with Crippen molar-refractivity contribution in [3.8, 4) is 0 Å². The minimum Gasteiger partial charge on any atom is -0.324 e. The van der Waals surface area contributed by atoms with Gasteiger partial charge >= 0.3 is 6.18 Å². The SMILES string of the molecule is O=C(Nc1nc2ccccc2[nH]1)[C@H]1CCc2[nH]nc(C(F)(F)F)c2C1. The first-order chi connectivity index (χ1) is 11.9. The average molecular weight is 349 g/mol. The Kier molecular flexibility index (Phi) is 3.52. The van der Waals surface area contributed by atoms with Gasteiger partial charge < -0.3 is 4.98 Å². The summed E-state index contributed by atoms with van der Waals surface area (Å²) in [5.74, 6) is -0.612. The number of H-pyrrole nitrogens is 2. The summed E-state index contributed by atoms with van der Waals surface area (Å²) in [7, 11) is 0. The highest BCUT2D eigenvalue weighted by Gasteiger charge is 2.40. The molecule has 0 saturated heterocycles. The second kappa shape index (κ2) is 5.61. The van der Waals surface area contributed by atoms with Crippen molar-refractivity contribution < 1.29 is 18.0 Å². The van der Waals surface area contributed by atoms with Crippen LogP contribution in [0.5, 0.6) is 0 Å². The number of halogens is 3. The van der Waals surface area contributed by atoms with Crippen molar-refractivity contribution in [2.75, 3.05) is 5.32 Å². The standard InChI is InChI=1S/C16H14F3N5O/c17-16(18,19)13-9-7-8(5-6-10(9)23-24-13)14(25)22-15-20-11-3-1-2-4-12(11)21-15/h1-4,8H,5-7H2,(H,23,24)(H2,20,21,22,25)/t8-/m0/s1. The maximum absolute atomic E-state index is 13.0. The molecule has 0 aliphatic heterocycles. The van der Waals surface area contributed by atoms with Crippen LogP contribution in [0.15, 0.2) is 24.3 Å². The van der Waals surface area contributed by atoms with E-state index in [0.29, 0.717) is 30.0 Å². The molecule has 1 aliphatic rings. The molecule has 2 aromatic heterocycles. The lowest BCUT2D eigenvalue weighted by molar-refractivity contribution is -0.142. The van der Waals surface area contributed by atoms with Crippen LogP contribution in [0.4, 0.5) is 19.1 Å². The number of fused-ring (bicyclic) bond motifs is 2. The number of hydrogen-bond acceptors (Lipinski definition) is 3.